The molecule has 2 N–H and O–H groups in total. The second-order valence-corrected chi connectivity index (χ2v) is 7.00. The van der Waals surface area contributed by atoms with E-state index < -0.39 is 36.9 Å². The summed E-state index contributed by atoms with van der Waals surface area (Å²) in [5.41, 5.74) is 0. The Kier molecular flexibility index (Phi) is 5.56. The zero-order valence-electron chi connectivity index (χ0n) is 15.0. The van der Waals surface area contributed by atoms with E-state index in [1.54, 1.807) is 36.4 Å². The third-order valence-electron chi connectivity index (χ3n) is 4.59. The minimum absolute atomic E-state index is 0.155. The number of nitrogens with one attached hydrogen (secondary N) is 1. The largest absolute Gasteiger partial charge is 0.464 e. The predicted molar refractivity (Wildman–Crippen MR) is 96.6 cm³/mol. The SMILES string of the molecule is CC(=O)N[C@H]1[C@H](Oc2ccccc2Cl)O[C@@H]2CO[C@H](c3ccco3)O[C@H]2[C@@H]1O. The number of benzene rings is 1. The third-order valence-corrected chi connectivity index (χ3v) is 4.90. The number of ether oxygens (including phenoxy) is 4. The van der Waals surface area contributed by atoms with Crippen LogP contribution < -0.4 is 10.1 Å². The summed E-state index contributed by atoms with van der Waals surface area (Å²) in [6.07, 6.45) is -2.68. The van der Waals surface area contributed by atoms with Gasteiger partial charge < -0.3 is 33.8 Å². The second-order valence-electron chi connectivity index (χ2n) is 6.59. The Morgan fingerprint density at radius 1 is 1.25 bits per heavy atom. The number of rotatable bonds is 4. The lowest BCUT2D eigenvalue weighted by atomic mass is 9.96. The molecular formula is C19H20ClNO7. The number of hydrogen-bond acceptors (Lipinski definition) is 7. The molecule has 0 spiro atoms. The highest BCUT2D eigenvalue weighted by Gasteiger charge is 2.51. The summed E-state index contributed by atoms with van der Waals surface area (Å²) in [7, 11) is 0. The second kappa shape index (κ2) is 8.10. The van der Waals surface area contributed by atoms with Crippen molar-refractivity contribution in [3.8, 4) is 5.75 Å². The van der Waals surface area contributed by atoms with Crippen molar-refractivity contribution in [2.45, 2.75) is 43.9 Å². The summed E-state index contributed by atoms with van der Waals surface area (Å²) < 4.78 is 28.6. The van der Waals surface area contributed by atoms with Crippen LogP contribution >= 0.6 is 11.6 Å². The van der Waals surface area contributed by atoms with Crippen molar-refractivity contribution in [2.75, 3.05) is 6.61 Å². The first-order chi connectivity index (χ1) is 13.5. The summed E-state index contributed by atoms with van der Waals surface area (Å²) in [4.78, 5) is 11.7. The summed E-state index contributed by atoms with van der Waals surface area (Å²) in [6, 6.07) is 9.45. The fraction of sp³-hybridized carbons (Fsp3) is 0.421. The van der Waals surface area contributed by atoms with Gasteiger partial charge in [-0.2, -0.15) is 0 Å². The molecule has 2 aliphatic rings. The highest BCUT2D eigenvalue weighted by atomic mass is 35.5. The number of aliphatic hydroxyl groups is 1. The van der Waals surface area contributed by atoms with Crippen LogP contribution in [0.2, 0.25) is 5.02 Å². The molecule has 1 aromatic heterocycles. The van der Waals surface area contributed by atoms with Gasteiger partial charge in [0.05, 0.1) is 17.9 Å². The van der Waals surface area contributed by atoms with Crippen LogP contribution in [0.1, 0.15) is 19.0 Å². The van der Waals surface area contributed by atoms with E-state index in [4.69, 9.17) is 35.0 Å². The molecule has 1 amide bonds. The Hall–Kier alpha value is -2.10. The molecule has 0 aliphatic carbocycles. The standard InChI is InChI=1S/C19H20ClNO7/c1-10(22)21-15-16(23)17-14(9-25-18(28-17)13-7-4-8-24-13)27-19(15)26-12-6-3-2-5-11(12)20/h2-8,14-19,23H,9H2,1H3,(H,21,22)/t14-,15-,16-,17-,18+,19-/m1/s1. The van der Waals surface area contributed by atoms with Gasteiger partial charge in [0.1, 0.15) is 30.1 Å². The predicted octanol–water partition coefficient (Wildman–Crippen LogP) is 2.02. The first-order valence-corrected chi connectivity index (χ1v) is 9.23. The molecule has 8 nitrogen and oxygen atoms in total. The fourth-order valence-electron chi connectivity index (χ4n) is 3.32. The zero-order chi connectivity index (χ0) is 19.7. The molecule has 0 bridgehead atoms. The lowest BCUT2D eigenvalue weighted by Gasteiger charge is -2.47. The Labute approximate surface area is 166 Å². The van der Waals surface area contributed by atoms with E-state index in [1.807, 2.05) is 0 Å². The van der Waals surface area contributed by atoms with Gasteiger partial charge in [-0.05, 0) is 24.3 Å². The molecule has 28 heavy (non-hydrogen) atoms. The van der Waals surface area contributed by atoms with Crippen molar-refractivity contribution in [1.82, 2.24) is 5.32 Å². The average Bonchev–Trinajstić information content (AvgIpc) is 3.21. The quantitative estimate of drug-likeness (QED) is 0.796. The van der Waals surface area contributed by atoms with Gasteiger partial charge in [-0.15, -0.1) is 0 Å². The number of aliphatic hydroxyl groups excluding tert-OH is 1. The van der Waals surface area contributed by atoms with Gasteiger partial charge in [0, 0.05) is 6.92 Å². The van der Waals surface area contributed by atoms with E-state index in [0.717, 1.165) is 0 Å². The maximum Gasteiger partial charge on any atom is 0.223 e. The van der Waals surface area contributed by atoms with E-state index >= 15 is 0 Å². The van der Waals surface area contributed by atoms with Crippen LogP contribution in [-0.4, -0.2) is 48.3 Å². The van der Waals surface area contributed by atoms with Crippen LogP contribution in [0.3, 0.4) is 0 Å². The van der Waals surface area contributed by atoms with E-state index in [2.05, 4.69) is 5.32 Å². The van der Waals surface area contributed by atoms with E-state index in [9.17, 15) is 9.90 Å². The van der Waals surface area contributed by atoms with Crippen molar-refractivity contribution >= 4 is 17.5 Å². The number of carbonyl (C=O) groups excluding carboxylic acids is 1. The smallest absolute Gasteiger partial charge is 0.223 e. The minimum atomic E-state index is -1.10. The van der Waals surface area contributed by atoms with Crippen molar-refractivity contribution in [3.63, 3.8) is 0 Å². The number of carbonyl (C=O) groups is 1. The van der Waals surface area contributed by atoms with Crippen LogP contribution in [0.4, 0.5) is 0 Å². The maximum atomic E-state index is 11.7. The van der Waals surface area contributed by atoms with Gasteiger partial charge in [0.15, 0.2) is 5.76 Å². The third kappa shape index (κ3) is 3.87. The number of para-hydroxylation sites is 1. The molecule has 6 atom stereocenters. The zero-order valence-corrected chi connectivity index (χ0v) is 15.7. The van der Waals surface area contributed by atoms with Crippen molar-refractivity contribution in [3.05, 3.63) is 53.4 Å². The highest BCUT2D eigenvalue weighted by Crippen LogP contribution is 2.35. The van der Waals surface area contributed by atoms with Crippen LogP contribution in [0.15, 0.2) is 47.1 Å². The van der Waals surface area contributed by atoms with Crippen molar-refractivity contribution in [2.24, 2.45) is 0 Å². The molecule has 2 saturated heterocycles. The molecule has 0 unspecified atom stereocenters. The van der Waals surface area contributed by atoms with Gasteiger partial charge in [-0.3, -0.25) is 4.79 Å². The monoisotopic (exact) mass is 409 g/mol. The van der Waals surface area contributed by atoms with Crippen LogP contribution in [0, 0.1) is 0 Å². The van der Waals surface area contributed by atoms with Gasteiger partial charge >= 0.3 is 0 Å². The Balaban J connectivity index is 1.55. The van der Waals surface area contributed by atoms with Crippen LogP contribution in [-0.2, 0) is 19.0 Å². The molecule has 2 aliphatic heterocycles. The highest BCUT2D eigenvalue weighted by molar-refractivity contribution is 6.32. The van der Waals surface area contributed by atoms with Gasteiger partial charge in [0.25, 0.3) is 0 Å². The number of hydrogen-bond donors (Lipinski definition) is 2. The summed E-state index contributed by atoms with van der Waals surface area (Å²) in [5, 5.41) is 14.0. The summed E-state index contributed by atoms with van der Waals surface area (Å²) in [5.74, 6) is 0.519. The lowest BCUT2D eigenvalue weighted by Crippen LogP contribution is -2.67. The van der Waals surface area contributed by atoms with E-state index in [1.165, 1.54) is 13.2 Å². The van der Waals surface area contributed by atoms with Crippen molar-refractivity contribution < 1.29 is 33.3 Å². The van der Waals surface area contributed by atoms with Gasteiger partial charge in [0.2, 0.25) is 18.5 Å². The molecule has 2 fully saturated rings. The molecule has 150 valence electrons. The van der Waals surface area contributed by atoms with Crippen molar-refractivity contribution in [1.29, 1.82) is 0 Å². The molecule has 0 saturated carbocycles. The maximum absolute atomic E-state index is 11.7. The Bertz CT molecular complexity index is 814. The topological polar surface area (TPSA) is 99.4 Å². The number of halogens is 1. The van der Waals surface area contributed by atoms with E-state index in [0.29, 0.717) is 16.5 Å². The molecule has 3 heterocycles. The summed E-state index contributed by atoms with van der Waals surface area (Å²) >= 11 is 6.16. The Morgan fingerprint density at radius 3 is 2.79 bits per heavy atom. The van der Waals surface area contributed by atoms with Gasteiger partial charge in [-0.25, -0.2) is 0 Å². The number of fused-ring (bicyclic) bond motifs is 1. The number of amides is 1. The van der Waals surface area contributed by atoms with E-state index in [-0.39, 0.29) is 12.5 Å². The fourth-order valence-corrected chi connectivity index (χ4v) is 3.50. The summed E-state index contributed by atoms with van der Waals surface area (Å²) in [6.45, 7) is 1.50. The molecule has 4 rings (SSSR count). The van der Waals surface area contributed by atoms with Gasteiger partial charge in [-0.1, -0.05) is 23.7 Å². The molecule has 0 radical (unpaired) electrons. The molecule has 2 aromatic rings. The number of furan rings is 1. The first-order valence-electron chi connectivity index (χ1n) is 8.85. The van der Waals surface area contributed by atoms with Crippen LogP contribution in [0.25, 0.3) is 0 Å². The van der Waals surface area contributed by atoms with Crippen LogP contribution in [0.5, 0.6) is 5.75 Å². The molecular weight excluding hydrogens is 390 g/mol. The Morgan fingerprint density at radius 2 is 2.07 bits per heavy atom. The minimum Gasteiger partial charge on any atom is -0.464 e. The average molecular weight is 410 g/mol. The molecule has 9 heteroatoms. The normalized spacial score (nSPS) is 32.4. The first kappa shape index (κ1) is 19.2. The lowest BCUT2D eigenvalue weighted by molar-refractivity contribution is -0.336. The molecule has 1 aromatic carbocycles.